The van der Waals surface area contributed by atoms with E-state index in [0.717, 1.165) is 24.3 Å². The minimum Gasteiger partial charge on any atom is -0.258 e. The van der Waals surface area contributed by atoms with Crippen LogP contribution >= 0.6 is 23.2 Å². The maximum absolute atomic E-state index is 12.5. The Morgan fingerprint density at radius 2 is 1.85 bits per heavy atom. The SMILES string of the molecule is O=[N+]([O-])c1ccc(S(=O)(=O)C2(Cl)C=CCC(Cl)=C2)cc1. The third kappa shape index (κ3) is 2.59. The number of rotatable bonds is 3. The second-order valence-electron chi connectivity index (χ2n) is 4.15. The number of allylic oxidation sites excluding steroid dienone is 2. The highest BCUT2D eigenvalue weighted by Gasteiger charge is 2.40. The number of benzene rings is 1. The molecule has 8 heteroatoms. The molecule has 0 heterocycles. The lowest BCUT2D eigenvalue weighted by atomic mass is 10.2. The van der Waals surface area contributed by atoms with Gasteiger partial charge in [-0.1, -0.05) is 29.3 Å². The highest BCUT2D eigenvalue weighted by molar-refractivity contribution is 7.94. The van der Waals surface area contributed by atoms with E-state index in [4.69, 9.17) is 23.2 Å². The van der Waals surface area contributed by atoms with Crippen LogP contribution in [0.25, 0.3) is 0 Å². The summed E-state index contributed by atoms with van der Waals surface area (Å²) >= 11 is 12.0. The first-order valence-corrected chi connectivity index (χ1v) is 7.73. The monoisotopic (exact) mass is 333 g/mol. The molecule has 1 aliphatic carbocycles. The van der Waals surface area contributed by atoms with Crippen molar-refractivity contribution in [2.75, 3.05) is 0 Å². The zero-order valence-electron chi connectivity index (χ0n) is 9.99. The van der Waals surface area contributed by atoms with E-state index in [-0.39, 0.29) is 10.6 Å². The highest BCUT2D eigenvalue weighted by Crippen LogP contribution is 2.37. The molecule has 0 aromatic heterocycles. The molecule has 0 saturated carbocycles. The van der Waals surface area contributed by atoms with Gasteiger partial charge >= 0.3 is 0 Å². The molecule has 0 radical (unpaired) electrons. The van der Waals surface area contributed by atoms with E-state index >= 15 is 0 Å². The van der Waals surface area contributed by atoms with E-state index in [2.05, 4.69) is 0 Å². The molecule has 5 nitrogen and oxygen atoms in total. The van der Waals surface area contributed by atoms with Gasteiger partial charge in [0, 0.05) is 23.6 Å². The fraction of sp³-hybridized carbons (Fsp3) is 0.167. The summed E-state index contributed by atoms with van der Waals surface area (Å²) in [6.07, 6.45) is 4.59. The van der Waals surface area contributed by atoms with Crippen LogP contribution in [0.3, 0.4) is 0 Å². The predicted octanol–water partition coefficient (Wildman–Crippen LogP) is 3.39. The number of hydrogen-bond donors (Lipinski definition) is 0. The lowest BCUT2D eigenvalue weighted by Crippen LogP contribution is -2.29. The van der Waals surface area contributed by atoms with Crippen molar-refractivity contribution in [1.82, 2.24) is 0 Å². The molecule has 106 valence electrons. The zero-order valence-corrected chi connectivity index (χ0v) is 12.3. The second-order valence-corrected chi connectivity index (χ2v) is 7.64. The van der Waals surface area contributed by atoms with Crippen LogP contribution in [0.2, 0.25) is 0 Å². The maximum atomic E-state index is 12.5. The molecule has 0 spiro atoms. The van der Waals surface area contributed by atoms with Crippen LogP contribution in [-0.2, 0) is 9.84 Å². The molecule has 0 aliphatic heterocycles. The largest absolute Gasteiger partial charge is 0.269 e. The van der Waals surface area contributed by atoms with E-state index in [9.17, 15) is 18.5 Å². The first-order chi connectivity index (χ1) is 9.26. The Labute approximate surface area is 125 Å². The van der Waals surface area contributed by atoms with Crippen LogP contribution in [-0.4, -0.2) is 17.5 Å². The van der Waals surface area contributed by atoms with Crippen LogP contribution in [0.5, 0.6) is 0 Å². The standard InChI is InChI=1S/C12H9Cl2NO4S/c13-9-2-1-7-12(14,8-9)20(18,19)11-5-3-10(4-6-11)15(16)17/h1,3-8H,2H2. The summed E-state index contributed by atoms with van der Waals surface area (Å²) in [6.45, 7) is 0. The van der Waals surface area contributed by atoms with Gasteiger partial charge in [0.15, 0.2) is 4.21 Å². The molecular weight excluding hydrogens is 325 g/mol. The third-order valence-corrected chi connectivity index (χ3v) is 5.86. The molecule has 1 atom stereocenters. The van der Waals surface area contributed by atoms with E-state index in [1.807, 2.05) is 0 Å². The molecule has 0 saturated heterocycles. The van der Waals surface area contributed by atoms with Crippen molar-refractivity contribution in [3.63, 3.8) is 0 Å². The van der Waals surface area contributed by atoms with Crippen molar-refractivity contribution >= 4 is 38.7 Å². The van der Waals surface area contributed by atoms with Crippen LogP contribution < -0.4 is 0 Å². The molecule has 0 amide bonds. The van der Waals surface area contributed by atoms with Crippen LogP contribution in [0.4, 0.5) is 5.69 Å². The van der Waals surface area contributed by atoms with Gasteiger partial charge in [-0.3, -0.25) is 10.1 Å². The van der Waals surface area contributed by atoms with E-state index < -0.39 is 19.0 Å². The summed E-state index contributed by atoms with van der Waals surface area (Å²) in [5.74, 6) is 0. The molecule has 1 unspecified atom stereocenters. The van der Waals surface area contributed by atoms with Gasteiger partial charge < -0.3 is 0 Å². The first-order valence-electron chi connectivity index (χ1n) is 5.49. The van der Waals surface area contributed by atoms with Gasteiger partial charge in [-0.05, 0) is 24.3 Å². The van der Waals surface area contributed by atoms with Crippen LogP contribution in [0, 0.1) is 10.1 Å². The second kappa shape index (κ2) is 5.20. The number of alkyl halides is 1. The smallest absolute Gasteiger partial charge is 0.258 e. The fourth-order valence-corrected chi connectivity index (χ4v) is 4.05. The van der Waals surface area contributed by atoms with Crippen molar-refractivity contribution in [2.24, 2.45) is 0 Å². The van der Waals surface area contributed by atoms with Gasteiger partial charge in [0.25, 0.3) is 5.69 Å². The average molecular weight is 334 g/mol. The molecule has 1 aromatic carbocycles. The minimum absolute atomic E-state index is 0.106. The minimum atomic E-state index is -3.94. The molecule has 1 aliphatic rings. The Balaban J connectivity index is 2.47. The Morgan fingerprint density at radius 1 is 1.25 bits per heavy atom. The summed E-state index contributed by atoms with van der Waals surface area (Å²) in [7, 11) is -3.94. The third-order valence-electron chi connectivity index (χ3n) is 2.78. The highest BCUT2D eigenvalue weighted by atomic mass is 35.5. The number of hydrogen-bond acceptors (Lipinski definition) is 4. The Bertz CT molecular complexity index is 709. The summed E-state index contributed by atoms with van der Waals surface area (Å²) in [5, 5.41) is 10.9. The molecule has 2 rings (SSSR count). The summed E-state index contributed by atoms with van der Waals surface area (Å²) in [5.41, 5.74) is -0.194. The van der Waals surface area contributed by atoms with E-state index in [1.165, 1.54) is 12.2 Å². The van der Waals surface area contributed by atoms with Crippen LogP contribution in [0.1, 0.15) is 6.42 Å². The van der Waals surface area contributed by atoms with E-state index in [0.29, 0.717) is 11.5 Å². The van der Waals surface area contributed by atoms with Gasteiger partial charge in [0.1, 0.15) is 0 Å². The molecule has 1 aromatic rings. The van der Waals surface area contributed by atoms with Gasteiger partial charge in [-0.2, -0.15) is 0 Å². The Morgan fingerprint density at radius 3 is 2.35 bits per heavy atom. The molecular formula is C12H9Cl2NO4S. The molecule has 0 fully saturated rings. The van der Waals surface area contributed by atoms with Gasteiger partial charge in [0.2, 0.25) is 9.84 Å². The topological polar surface area (TPSA) is 77.3 Å². The number of sulfone groups is 1. The summed E-state index contributed by atoms with van der Waals surface area (Å²) in [6, 6.07) is 4.54. The molecule has 0 bridgehead atoms. The quantitative estimate of drug-likeness (QED) is 0.367. The molecule has 0 N–H and O–H groups in total. The van der Waals surface area contributed by atoms with Crippen molar-refractivity contribution < 1.29 is 13.3 Å². The van der Waals surface area contributed by atoms with Gasteiger partial charge in [0.05, 0.1) is 9.82 Å². The maximum Gasteiger partial charge on any atom is 0.269 e. The fourth-order valence-electron chi connectivity index (χ4n) is 1.75. The lowest BCUT2D eigenvalue weighted by molar-refractivity contribution is -0.384. The summed E-state index contributed by atoms with van der Waals surface area (Å²) in [4.78, 5) is 9.85. The number of nitro groups is 1. The number of nitrogens with zero attached hydrogens (tertiary/aromatic N) is 1. The summed E-state index contributed by atoms with van der Waals surface area (Å²) < 4.78 is 23.2. The van der Waals surface area contributed by atoms with Gasteiger partial charge in [-0.15, -0.1) is 0 Å². The van der Waals surface area contributed by atoms with Crippen LogP contribution in [0.15, 0.2) is 52.4 Å². The normalized spacial score (nSPS) is 22.4. The van der Waals surface area contributed by atoms with Crippen molar-refractivity contribution in [3.05, 3.63) is 57.6 Å². The molecule has 20 heavy (non-hydrogen) atoms. The zero-order chi connectivity index (χ0) is 15.0. The number of non-ortho nitro benzene ring substituents is 1. The Hall–Kier alpha value is -1.37. The first kappa shape index (κ1) is 15.0. The van der Waals surface area contributed by atoms with Crippen molar-refractivity contribution in [1.29, 1.82) is 0 Å². The average Bonchev–Trinajstić information content (AvgIpc) is 2.38. The number of nitro benzene ring substituents is 1. The van der Waals surface area contributed by atoms with E-state index in [1.54, 1.807) is 6.08 Å². The Kier molecular flexibility index (Phi) is 3.90. The van der Waals surface area contributed by atoms with Crippen molar-refractivity contribution in [2.45, 2.75) is 15.5 Å². The lowest BCUT2D eigenvalue weighted by Gasteiger charge is -2.23. The number of halogens is 2. The van der Waals surface area contributed by atoms with Crippen molar-refractivity contribution in [3.8, 4) is 0 Å². The predicted molar refractivity (Wildman–Crippen MR) is 76.6 cm³/mol. The van der Waals surface area contributed by atoms with Gasteiger partial charge in [-0.25, -0.2) is 8.42 Å².